The molecular weight excluding hydrogens is 250 g/mol. The quantitative estimate of drug-likeness (QED) is 0.825. The van der Waals surface area contributed by atoms with Gasteiger partial charge in [-0.15, -0.1) is 0 Å². The van der Waals surface area contributed by atoms with Crippen molar-refractivity contribution in [1.29, 1.82) is 0 Å². The molecule has 2 aliphatic heterocycles. The van der Waals surface area contributed by atoms with E-state index in [9.17, 15) is 4.79 Å². The van der Waals surface area contributed by atoms with Crippen molar-refractivity contribution < 1.29 is 4.79 Å². The van der Waals surface area contributed by atoms with Gasteiger partial charge in [-0.25, -0.2) is 0 Å². The molecule has 20 heavy (non-hydrogen) atoms. The van der Waals surface area contributed by atoms with Crippen molar-refractivity contribution in [1.82, 2.24) is 15.5 Å². The molecule has 0 spiro atoms. The number of carbonyl (C=O) groups excluding carboxylic acids is 1. The highest BCUT2D eigenvalue weighted by atomic mass is 16.2. The molecule has 2 N–H and O–H groups in total. The normalized spacial score (nSPS) is 26.0. The number of rotatable bonds is 4. The van der Waals surface area contributed by atoms with E-state index in [2.05, 4.69) is 29.4 Å². The standard InChI is InChI=1S/C16H31N3O/c1-16(2,13-19-11-4-3-5-12-19)18-15(20)14-7-6-9-17-10-8-14/h14,17H,3-13H2,1-2H3,(H,18,20)/t14-/m0/s1. The number of piperidine rings is 1. The smallest absolute Gasteiger partial charge is 0.223 e. The van der Waals surface area contributed by atoms with E-state index in [0.29, 0.717) is 0 Å². The van der Waals surface area contributed by atoms with Gasteiger partial charge in [-0.3, -0.25) is 4.79 Å². The average Bonchev–Trinajstić information content (AvgIpc) is 2.67. The lowest BCUT2D eigenvalue weighted by molar-refractivity contribution is -0.127. The first-order chi connectivity index (χ1) is 9.57. The van der Waals surface area contributed by atoms with Gasteiger partial charge in [0.15, 0.2) is 0 Å². The molecule has 2 aliphatic rings. The number of nitrogens with zero attached hydrogens (tertiary/aromatic N) is 1. The fourth-order valence-electron chi connectivity index (χ4n) is 3.43. The molecule has 2 saturated heterocycles. The SMILES string of the molecule is CC(C)(CN1CCCCC1)NC(=O)[C@H]1CCCNCC1. The van der Waals surface area contributed by atoms with E-state index in [-0.39, 0.29) is 17.4 Å². The van der Waals surface area contributed by atoms with Crippen LogP contribution in [0.15, 0.2) is 0 Å². The lowest BCUT2D eigenvalue weighted by Crippen LogP contribution is -2.53. The number of carbonyl (C=O) groups is 1. The van der Waals surface area contributed by atoms with E-state index in [1.54, 1.807) is 0 Å². The van der Waals surface area contributed by atoms with Gasteiger partial charge >= 0.3 is 0 Å². The van der Waals surface area contributed by atoms with Crippen molar-refractivity contribution in [3.8, 4) is 0 Å². The zero-order valence-corrected chi connectivity index (χ0v) is 13.2. The number of hydrogen-bond donors (Lipinski definition) is 2. The van der Waals surface area contributed by atoms with Crippen LogP contribution in [0.4, 0.5) is 0 Å². The molecule has 0 aromatic heterocycles. The molecule has 0 aromatic carbocycles. The Hall–Kier alpha value is -0.610. The molecule has 4 nitrogen and oxygen atoms in total. The van der Waals surface area contributed by atoms with Crippen molar-refractivity contribution in [3.05, 3.63) is 0 Å². The molecule has 2 heterocycles. The third kappa shape index (κ3) is 5.06. The molecule has 2 fully saturated rings. The number of amides is 1. The van der Waals surface area contributed by atoms with E-state index >= 15 is 0 Å². The first kappa shape index (κ1) is 15.8. The van der Waals surface area contributed by atoms with E-state index in [1.165, 1.54) is 32.4 Å². The van der Waals surface area contributed by atoms with Crippen LogP contribution in [-0.2, 0) is 4.79 Å². The van der Waals surface area contributed by atoms with Gasteiger partial charge in [0.25, 0.3) is 0 Å². The summed E-state index contributed by atoms with van der Waals surface area (Å²) >= 11 is 0. The van der Waals surface area contributed by atoms with Gasteiger partial charge in [0, 0.05) is 18.0 Å². The maximum absolute atomic E-state index is 12.5. The Balaban J connectivity index is 1.81. The topological polar surface area (TPSA) is 44.4 Å². The Kier molecular flexibility index (Phi) is 5.85. The molecular formula is C16H31N3O. The molecule has 1 atom stereocenters. The molecule has 0 bridgehead atoms. The number of nitrogens with one attached hydrogen (secondary N) is 2. The highest BCUT2D eigenvalue weighted by Crippen LogP contribution is 2.17. The monoisotopic (exact) mass is 281 g/mol. The van der Waals surface area contributed by atoms with Crippen molar-refractivity contribution in [2.24, 2.45) is 5.92 Å². The zero-order valence-electron chi connectivity index (χ0n) is 13.2. The van der Waals surface area contributed by atoms with Crippen molar-refractivity contribution in [2.45, 2.75) is 57.9 Å². The molecule has 0 aliphatic carbocycles. The van der Waals surface area contributed by atoms with Gasteiger partial charge in [0.2, 0.25) is 5.91 Å². The van der Waals surface area contributed by atoms with Crippen molar-refractivity contribution in [3.63, 3.8) is 0 Å². The Labute approximate surface area is 123 Å². The van der Waals surface area contributed by atoms with E-state index < -0.39 is 0 Å². The molecule has 0 saturated carbocycles. The Morgan fingerprint density at radius 1 is 1.15 bits per heavy atom. The minimum atomic E-state index is -0.117. The summed E-state index contributed by atoms with van der Waals surface area (Å²) in [6.07, 6.45) is 7.09. The highest BCUT2D eigenvalue weighted by Gasteiger charge is 2.28. The van der Waals surface area contributed by atoms with Gasteiger partial charge in [-0.2, -0.15) is 0 Å². The summed E-state index contributed by atoms with van der Waals surface area (Å²) in [5.41, 5.74) is -0.117. The second-order valence-corrected chi connectivity index (χ2v) is 7.09. The minimum Gasteiger partial charge on any atom is -0.350 e. The van der Waals surface area contributed by atoms with Gasteiger partial charge in [0.1, 0.15) is 0 Å². The Bertz CT molecular complexity index is 303. The molecule has 1 amide bonds. The van der Waals surface area contributed by atoms with Gasteiger partial charge < -0.3 is 15.5 Å². The zero-order chi connectivity index (χ0) is 14.4. The molecule has 0 aromatic rings. The summed E-state index contributed by atoms with van der Waals surface area (Å²) in [7, 11) is 0. The van der Waals surface area contributed by atoms with E-state index in [1.807, 2.05) is 0 Å². The molecule has 4 heteroatoms. The first-order valence-corrected chi connectivity index (χ1v) is 8.32. The van der Waals surface area contributed by atoms with Crippen molar-refractivity contribution in [2.75, 3.05) is 32.7 Å². The molecule has 0 unspecified atom stereocenters. The minimum absolute atomic E-state index is 0.117. The third-order valence-corrected chi connectivity index (χ3v) is 4.48. The Morgan fingerprint density at radius 3 is 2.65 bits per heavy atom. The summed E-state index contributed by atoms with van der Waals surface area (Å²) in [6, 6.07) is 0. The predicted molar refractivity (Wildman–Crippen MR) is 82.7 cm³/mol. The summed E-state index contributed by atoms with van der Waals surface area (Å²) < 4.78 is 0. The first-order valence-electron chi connectivity index (χ1n) is 8.32. The van der Waals surface area contributed by atoms with E-state index in [0.717, 1.165) is 38.9 Å². The summed E-state index contributed by atoms with van der Waals surface area (Å²) in [5.74, 6) is 0.460. The fraction of sp³-hybridized carbons (Fsp3) is 0.938. The molecule has 2 rings (SSSR count). The van der Waals surface area contributed by atoms with Crippen LogP contribution < -0.4 is 10.6 Å². The van der Waals surface area contributed by atoms with Gasteiger partial charge in [-0.05, 0) is 72.1 Å². The van der Waals surface area contributed by atoms with Crippen LogP contribution in [0.1, 0.15) is 52.4 Å². The maximum atomic E-state index is 12.5. The lowest BCUT2D eigenvalue weighted by Gasteiger charge is -2.36. The van der Waals surface area contributed by atoms with Crippen LogP contribution in [0.2, 0.25) is 0 Å². The molecule has 116 valence electrons. The summed E-state index contributed by atoms with van der Waals surface area (Å²) in [5, 5.41) is 6.67. The summed E-state index contributed by atoms with van der Waals surface area (Å²) in [6.45, 7) is 9.71. The average molecular weight is 281 g/mol. The lowest BCUT2D eigenvalue weighted by atomic mass is 9.96. The van der Waals surface area contributed by atoms with Crippen LogP contribution in [-0.4, -0.2) is 49.1 Å². The third-order valence-electron chi connectivity index (χ3n) is 4.48. The van der Waals surface area contributed by atoms with Gasteiger partial charge in [0.05, 0.1) is 0 Å². The van der Waals surface area contributed by atoms with Crippen LogP contribution in [0.3, 0.4) is 0 Å². The van der Waals surface area contributed by atoms with Gasteiger partial charge in [-0.1, -0.05) is 6.42 Å². The maximum Gasteiger partial charge on any atom is 0.223 e. The largest absolute Gasteiger partial charge is 0.350 e. The van der Waals surface area contributed by atoms with E-state index in [4.69, 9.17) is 0 Å². The number of hydrogen-bond acceptors (Lipinski definition) is 3. The van der Waals surface area contributed by atoms with Crippen LogP contribution in [0.5, 0.6) is 0 Å². The number of likely N-dealkylation sites (tertiary alicyclic amines) is 1. The predicted octanol–water partition coefficient (Wildman–Crippen LogP) is 1.76. The van der Waals surface area contributed by atoms with Crippen LogP contribution >= 0.6 is 0 Å². The van der Waals surface area contributed by atoms with Crippen LogP contribution in [0, 0.1) is 5.92 Å². The Morgan fingerprint density at radius 2 is 1.90 bits per heavy atom. The summed E-state index contributed by atoms with van der Waals surface area (Å²) in [4.78, 5) is 14.9. The molecule has 0 radical (unpaired) electrons. The van der Waals surface area contributed by atoms with Crippen LogP contribution in [0.25, 0.3) is 0 Å². The second kappa shape index (κ2) is 7.41. The van der Waals surface area contributed by atoms with Crippen molar-refractivity contribution >= 4 is 5.91 Å². The second-order valence-electron chi connectivity index (χ2n) is 7.09. The highest BCUT2D eigenvalue weighted by molar-refractivity contribution is 5.79. The fourth-order valence-corrected chi connectivity index (χ4v) is 3.43.